The van der Waals surface area contributed by atoms with Crippen molar-refractivity contribution >= 4 is 12.4 Å². The van der Waals surface area contributed by atoms with Crippen LogP contribution in [0.15, 0.2) is 42.6 Å². The van der Waals surface area contributed by atoms with Crippen molar-refractivity contribution in [2.24, 2.45) is 0 Å². The molecule has 78 valence electrons. The Bertz CT molecular complexity index is 446. The standard InChI is InChI=1S/C11H7F2N.ClH/c12-9-5-4-8(7-10(9)13)11-3-1-2-6-14-11;/h1-7H;1H. The summed E-state index contributed by atoms with van der Waals surface area (Å²) in [5, 5.41) is 0. The molecule has 0 N–H and O–H groups in total. The average molecular weight is 228 g/mol. The van der Waals surface area contributed by atoms with Crippen molar-refractivity contribution in [1.82, 2.24) is 4.98 Å². The van der Waals surface area contributed by atoms with Crippen LogP contribution in [0, 0.1) is 11.6 Å². The highest BCUT2D eigenvalue weighted by atomic mass is 35.5. The first kappa shape index (κ1) is 11.6. The molecule has 0 bridgehead atoms. The van der Waals surface area contributed by atoms with Gasteiger partial charge in [0.15, 0.2) is 11.6 Å². The molecule has 4 heteroatoms. The Kier molecular flexibility index (Phi) is 3.74. The summed E-state index contributed by atoms with van der Waals surface area (Å²) in [5.41, 5.74) is 1.20. The number of hydrogen-bond donors (Lipinski definition) is 0. The van der Waals surface area contributed by atoms with Gasteiger partial charge in [0, 0.05) is 11.8 Å². The topological polar surface area (TPSA) is 12.9 Å². The Balaban J connectivity index is 0.00000112. The summed E-state index contributed by atoms with van der Waals surface area (Å²) in [5.74, 6) is -1.70. The van der Waals surface area contributed by atoms with Gasteiger partial charge in [0.1, 0.15) is 0 Å². The van der Waals surface area contributed by atoms with E-state index >= 15 is 0 Å². The second kappa shape index (κ2) is 4.84. The molecule has 0 amide bonds. The second-order valence-corrected chi connectivity index (χ2v) is 2.84. The average Bonchev–Trinajstić information content (AvgIpc) is 2.23. The lowest BCUT2D eigenvalue weighted by Gasteiger charge is -2.00. The zero-order valence-electron chi connectivity index (χ0n) is 7.65. The van der Waals surface area contributed by atoms with Gasteiger partial charge in [0.05, 0.1) is 5.69 Å². The van der Waals surface area contributed by atoms with Gasteiger partial charge in [-0.1, -0.05) is 6.07 Å². The molecule has 1 aromatic heterocycles. The van der Waals surface area contributed by atoms with E-state index in [1.165, 1.54) is 6.07 Å². The smallest absolute Gasteiger partial charge is 0.159 e. The van der Waals surface area contributed by atoms with Gasteiger partial charge in [0.2, 0.25) is 0 Å². The van der Waals surface area contributed by atoms with Crippen molar-refractivity contribution in [2.75, 3.05) is 0 Å². The van der Waals surface area contributed by atoms with Gasteiger partial charge in [-0.3, -0.25) is 4.98 Å². The minimum absolute atomic E-state index is 0. The van der Waals surface area contributed by atoms with E-state index in [1.54, 1.807) is 24.4 Å². The van der Waals surface area contributed by atoms with E-state index in [0.29, 0.717) is 11.3 Å². The number of benzene rings is 1. The van der Waals surface area contributed by atoms with Gasteiger partial charge < -0.3 is 0 Å². The summed E-state index contributed by atoms with van der Waals surface area (Å²) < 4.78 is 25.5. The third-order valence-corrected chi connectivity index (χ3v) is 1.88. The first-order valence-electron chi connectivity index (χ1n) is 4.14. The zero-order valence-corrected chi connectivity index (χ0v) is 8.47. The van der Waals surface area contributed by atoms with E-state index in [4.69, 9.17) is 0 Å². The van der Waals surface area contributed by atoms with Crippen LogP contribution < -0.4 is 0 Å². The Morgan fingerprint density at radius 2 is 1.73 bits per heavy atom. The molecule has 0 spiro atoms. The highest BCUT2D eigenvalue weighted by molar-refractivity contribution is 5.85. The molecule has 1 aromatic carbocycles. The number of hydrogen-bond acceptors (Lipinski definition) is 1. The minimum atomic E-state index is -0.854. The Labute approximate surface area is 92.2 Å². The third kappa shape index (κ3) is 2.50. The molecule has 0 aliphatic heterocycles. The SMILES string of the molecule is Cl.Fc1ccc(-c2ccccn2)cc1F. The minimum Gasteiger partial charge on any atom is -0.256 e. The van der Waals surface area contributed by atoms with Crippen LogP contribution >= 0.6 is 12.4 Å². The molecule has 2 rings (SSSR count). The van der Waals surface area contributed by atoms with Crippen molar-refractivity contribution in [2.45, 2.75) is 0 Å². The van der Waals surface area contributed by atoms with Gasteiger partial charge in [-0.05, 0) is 30.3 Å². The van der Waals surface area contributed by atoms with Crippen molar-refractivity contribution in [3.05, 3.63) is 54.2 Å². The van der Waals surface area contributed by atoms with Gasteiger partial charge >= 0.3 is 0 Å². The number of halogens is 3. The van der Waals surface area contributed by atoms with E-state index in [-0.39, 0.29) is 12.4 Å². The normalized spacial score (nSPS) is 9.47. The zero-order chi connectivity index (χ0) is 9.97. The van der Waals surface area contributed by atoms with Crippen LogP contribution in [0.25, 0.3) is 11.3 Å². The quantitative estimate of drug-likeness (QED) is 0.727. The molecule has 2 aromatic rings. The molecule has 0 saturated heterocycles. The molecule has 1 nitrogen and oxygen atoms in total. The molecule has 1 heterocycles. The second-order valence-electron chi connectivity index (χ2n) is 2.84. The van der Waals surface area contributed by atoms with Gasteiger partial charge in [-0.25, -0.2) is 8.78 Å². The largest absolute Gasteiger partial charge is 0.256 e. The number of aromatic nitrogens is 1. The van der Waals surface area contributed by atoms with Crippen LogP contribution in [-0.2, 0) is 0 Å². The number of pyridine rings is 1. The molecule has 0 unspecified atom stereocenters. The van der Waals surface area contributed by atoms with Crippen molar-refractivity contribution < 1.29 is 8.78 Å². The molecule has 0 aliphatic rings. The molecular formula is C11H8ClF2N. The van der Waals surface area contributed by atoms with E-state index in [9.17, 15) is 8.78 Å². The summed E-state index contributed by atoms with van der Waals surface area (Å²) in [6.45, 7) is 0. The van der Waals surface area contributed by atoms with Crippen LogP contribution in [-0.4, -0.2) is 4.98 Å². The molecule has 0 fully saturated rings. The maximum absolute atomic E-state index is 12.9. The van der Waals surface area contributed by atoms with Crippen LogP contribution in [0.1, 0.15) is 0 Å². The summed E-state index contributed by atoms with van der Waals surface area (Å²) in [7, 11) is 0. The molecular weight excluding hydrogens is 220 g/mol. The Hall–Kier alpha value is -1.48. The molecule has 0 saturated carbocycles. The number of nitrogens with zero attached hydrogens (tertiary/aromatic N) is 1. The maximum Gasteiger partial charge on any atom is 0.159 e. The van der Waals surface area contributed by atoms with Crippen LogP contribution in [0.3, 0.4) is 0 Å². The van der Waals surface area contributed by atoms with Crippen molar-refractivity contribution in [3.8, 4) is 11.3 Å². The number of rotatable bonds is 1. The summed E-state index contributed by atoms with van der Waals surface area (Å²) >= 11 is 0. The van der Waals surface area contributed by atoms with E-state index in [0.717, 1.165) is 12.1 Å². The third-order valence-electron chi connectivity index (χ3n) is 1.88. The summed E-state index contributed by atoms with van der Waals surface area (Å²) in [4.78, 5) is 4.03. The fourth-order valence-electron chi connectivity index (χ4n) is 1.19. The predicted molar refractivity (Wildman–Crippen MR) is 56.8 cm³/mol. The summed E-state index contributed by atoms with van der Waals surface area (Å²) in [6, 6.07) is 9.04. The van der Waals surface area contributed by atoms with E-state index in [2.05, 4.69) is 4.98 Å². The molecule has 0 atom stereocenters. The highest BCUT2D eigenvalue weighted by Gasteiger charge is 2.04. The first-order chi connectivity index (χ1) is 6.77. The fraction of sp³-hybridized carbons (Fsp3) is 0. The van der Waals surface area contributed by atoms with Gasteiger partial charge in [-0.15, -0.1) is 12.4 Å². The lowest BCUT2D eigenvalue weighted by molar-refractivity contribution is 0.509. The van der Waals surface area contributed by atoms with E-state index in [1.807, 2.05) is 0 Å². The summed E-state index contributed by atoms with van der Waals surface area (Å²) in [6.07, 6.45) is 1.61. The monoisotopic (exact) mass is 227 g/mol. The van der Waals surface area contributed by atoms with Gasteiger partial charge in [-0.2, -0.15) is 0 Å². The highest BCUT2D eigenvalue weighted by Crippen LogP contribution is 2.18. The Morgan fingerprint density at radius 1 is 0.933 bits per heavy atom. The van der Waals surface area contributed by atoms with Crippen LogP contribution in [0.4, 0.5) is 8.78 Å². The van der Waals surface area contributed by atoms with Gasteiger partial charge in [0.25, 0.3) is 0 Å². The van der Waals surface area contributed by atoms with Crippen LogP contribution in [0.5, 0.6) is 0 Å². The Morgan fingerprint density at radius 3 is 2.33 bits per heavy atom. The molecule has 15 heavy (non-hydrogen) atoms. The fourth-order valence-corrected chi connectivity index (χ4v) is 1.19. The predicted octanol–water partition coefficient (Wildman–Crippen LogP) is 3.45. The maximum atomic E-state index is 12.9. The molecule has 0 aliphatic carbocycles. The van der Waals surface area contributed by atoms with Crippen molar-refractivity contribution in [1.29, 1.82) is 0 Å². The van der Waals surface area contributed by atoms with Crippen LogP contribution in [0.2, 0.25) is 0 Å². The molecule has 0 radical (unpaired) electrons. The lowest BCUT2D eigenvalue weighted by Crippen LogP contribution is -1.86. The first-order valence-corrected chi connectivity index (χ1v) is 4.14. The lowest BCUT2D eigenvalue weighted by atomic mass is 10.1. The van der Waals surface area contributed by atoms with E-state index < -0.39 is 11.6 Å². The van der Waals surface area contributed by atoms with Crippen molar-refractivity contribution in [3.63, 3.8) is 0 Å².